The smallest absolute Gasteiger partial charge is 0.365 e. The van der Waals surface area contributed by atoms with Gasteiger partial charge >= 0.3 is 11.7 Å². The fourth-order valence-corrected chi connectivity index (χ4v) is 2.40. The van der Waals surface area contributed by atoms with E-state index >= 15 is 0 Å². The number of hydrogen-bond acceptors (Lipinski definition) is 5. The van der Waals surface area contributed by atoms with Crippen LogP contribution < -0.4 is 11.2 Å². The maximum absolute atomic E-state index is 12.1. The Morgan fingerprint density at radius 2 is 2.20 bits per heavy atom. The molecule has 2 aromatic rings. The van der Waals surface area contributed by atoms with Crippen molar-refractivity contribution in [1.82, 2.24) is 14.1 Å². The summed E-state index contributed by atoms with van der Waals surface area (Å²) in [5, 5.41) is 10.3. The zero-order valence-corrected chi connectivity index (χ0v) is 11.6. The van der Waals surface area contributed by atoms with Crippen molar-refractivity contribution in [3.63, 3.8) is 0 Å². The lowest BCUT2D eigenvalue weighted by atomic mass is 10.4. The predicted octanol–water partition coefficient (Wildman–Crippen LogP) is 0.623. The molecule has 0 aromatic carbocycles. The van der Waals surface area contributed by atoms with Crippen molar-refractivity contribution in [2.75, 3.05) is 0 Å². The van der Waals surface area contributed by atoms with Crippen LogP contribution in [-0.4, -0.2) is 25.2 Å². The Kier molecular flexibility index (Phi) is 4.14. The molecule has 0 saturated heterocycles. The zero-order chi connectivity index (χ0) is 14.7. The van der Waals surface area contributed by atoms with Gasteiger partial charge in [0.2, 0.25) is 5.01 Å². The van der Waals surface area contributed by atoms with Crippen LogP contribution in [0.25, 0.3) is 0 Å². The van der Waals surface area contributed by atoms with Crippen molar-refractivity contribution in [1.29, 1.82) is 0 Å². The van der Waals surface area contributed by atoms with Gasteiger partial charge in [0.1, 0.15) is 0 Å². The van der Waals surface area contributed by atoms with Gasteiger partial charge in [-0.3, -0.25) is 9.36 Å². The number of aromatic nitrogens is 3. The molecule has 0 amide bonds. The molecule has 7 nitrogen and oxygen atoms in total. The molecule has 20 heavy (non-hydrogen) atoms. The Hall–Kier alpha value is -2.22. The fraction of sp³-hybridized carbons (Fsp3) is 0.333. The first-order valence-corrected chi connectivity index (χ1v) is 6.89. The van der Waals surface area contributed by atoms with Gasteiger partial charge in [0.25, 0.3) is 5.56 Å². The van der Waals surface area contributed by atoms with Crippen LogP contribution in [0.1, 0.15) is 28.8 Å². The molecule has 0 aliphatic heterocycles. The second-order valence-electron chi connectivity index (χ2n) is 4.17. The van der Waals surface area contributed by atoms with Crippen molar-refractivity contribution < 1.29 is 9.90 Å². The number of aromatic carboxylic acids is 1. The maximum atomic E-state index is 12.1. The maximum Gasteiger partial charge on any atom is 0.365 e. The Morgan fingerprint density at radius 1 is 1.45 bits per heavy atom. The SMILES string of the molecule is CCCn1ccc(=O)n(Cc2csc(C(=O)O)n2)c1=O. The third-order valence-corrected chi connectivity index (χ3v) is 3.54. The molecular weight excluding hydrogens is 282 g/mol. The molecule has 0 bridgehead atoms. The summed E-state index contributed by atoms with van der Waals surface area (Å²) in [6.45, 7) is 2.43. The van der Waals surface area contributed by atoms with Crippen molar-refractivity contribution in [3.8, 4) is 0 Å². The number of rotatable bonds is 5. The van der Waals surface area contributed by atoms with Crippen molar-refractivity contribution in [2.24, 2.45) is 0 Å². The van der Waals surface area contributed by atoms with Gasteiger partial charge in [-0.1, -0.05) is 6.92 Å². The van der Waals surface area contributed by atoms with Crippen molar-refractivity contribution in [2.45, 2.75) is 26.4 Å². The van der Waals surface area contributed by atoms with E-state index in [1.807, 2.05) is 6.92 Å². The minimum atomic E-state index is -1.12. The third kappa shape index (κ3) is 2.85. The molecule has 0 spiro atoms. The molecule has 8 heteroatoms. The van der Waals surface area contributed by atoms with Gasteiger partial charge < -0.3 is 9.67 Å². The van der Waals surface area contributed by atoms with Crippen LogP contribution in [0.15, 0.2) is 27.2 Å². The first kappa shape index (κ1) is 14.2. The number of aryl methyl sites for hydroxylation is 1. The summed E-state index contributed by atoms with van der Waals surface area (Å²) in [4.78, 5) is 38.5. The Morgan fingerprint density at radius 3 is 2.80 bits per heavy atom. The molecule has 2 aromatic heterocycles. The van der Waals surface area contributed by atoms with E-state index in [0.29, 0.717) is 12.2 Å². The summed E-state index contributed by atoms with van der Waals surface area (Å²) in [6, 6.07) is 1.32. The van der Waals surface area contributed by atoms with Crippen LogP contribution in [0, 0.1) is 0 Å². The second-order valence-corrected chi connectivity index (χ2v) is 5.02. The molecule has 106 valence electrons. The van der Waals surface area contributed by atoms with Gasteiger partial charge in [0, 0.05) is 24.2 Å². The van der Waals surface area contributed by atoms with Gasteiger partial charge in [-0.25, -0.2) is 14.6 Å². The number of carbonyl (C=O) groups is 1. The van der Waals surface area contributed by atoms with Gasteiger partial charge in [-0.2, -0.15) is 0 Å². The molecule has 1 N–H and O–H groups in total. The van der Waals surface area contributed by atoms with Crippen LogP contribution in [0.5, 0.6) is 0 Å². The molecule has 0 fully saturated rings. The van der Waals surface area contributed by atoms with Crippen LogP contribution in [0.2, 0.25) is 0 Å². The molecule has 0 aliphatic rings. The van der Waals surface area contributed by atoms with E-state index in [4.69, 9.17) is 5.11 Å². The van der Waals surface area contributed by atoms with Crippen LogP contribution in [0.4, 0.5) is 0 Å². The van der Waals surface area contributed by atoms with E-state index in [0.717, 1.165) is 22.3 Å². The van der Waals surface area contributed by atoms with E-state index < -0.39 is 17.2 Å². The Labute approximate surface area is 117 Å². The van der Waals surface area contributed by atoms with E-state index in [-0.39, 0.29) is 11.6 Å². The second kappa shape index (κ2) is 5.83. The van der Waals surface area contributed by atoms with Crippen LogP contribution in [-0.2, 0) is 13.1 Å². The molecule has 0 radical (unpaired) electrons. The number of hydrogen-bond donors (Lipinski definition) is 1. The van der Waals surface area contributed by atoms with Crippen LogP contribution in [0.3, 0.4) is 0 Å². The molecule has 2 heterocycles. The number of carboxylic acids is 1. The third-order valence-electron chi connectivity index (χ3n) is 2.66. The fourth-order valence-electron chi connectivity index (χ4n) is 1.75. The summed E-state index contributed by atoms with van der Waals surface area (Å²) < 4.78 is 2.50. The molecule has 0 unspecified atom stereocenters. The molecule has 0 aliphatic carbocycles. The number of thiazole rings is 1. The Bertz CT molecular complexity index is 744. The van der Waals surface area contributed by atoms with E-state index in [2.05, 4.69) is 4.98 Å². The summed E-state index contributed by atoms with van der Waals surface area (Å²) in [6.07, 6.45) is 2.24. The summed E-state index contributed by atoms with van der Waals surface area (Å²) in [7, 11) is 0. The first-order chi connectivity index (χ1) is 9.52. The molecule has 0 saturated carbocycles. The van der Waals surface area contributed by atoms with Gasteiger partial charge in [-0.05, 0) is 6.42 Å². The standard InChI is InChI=1S/C12H13N3O4S/c1-2-4-14-5-3-9(16)15(12(14)19)6-8-7-20-10(13-8)11(17)18/h3,5,7H,2,4,6H2,1H3,(H,17,18). The normalized spacial score (nSPS) is 10.7. The number of nitrogens with zero attached hydrogens (tertiary/aromatic N) is 3. The highest BCUT2D eigenvalue weighted by atomic mass is 32.1. The number of carboxylic acid groups (broad SMARTS) is 1. The average molecular weight is 295 g/mol. The average Bonchev–Trinajstić information content (AvgIpc) is 2.87. The highest BCUT2D eigenvalue weighted by molar-refractivity contribution is 7.11. The van der Waals surface area contributed by atoms with E-state index in [9.17, 15) is 14.4 Å². The van der Waals surface area contributed by atoms with Gasteiger partial charge in [-0.15, -0.1) is 11.3 Å². The van der Waals surface area contributed by atoms with Crippen LogP contribution >= 0.6 is 11.3 Å². The molecule has 2 rings (SSSR count). The lowest BCUT2D eigenvalue weighted by molar-refractivity contribution is 0.0696. The van der Waals surface area contributed by atoms with Gasteiger partial charge in [0.05, 0.1) is 12.2 Å². The highest BCUT2D eigenvalue weighted by Gasteiger charge is 2.11. The minimum Gasteiger partial charge on any atom is -0.476 e. The first-order valence-electron chi connectivity index (χ1n) is 6.01. The molecule has 0 atom stereocenters. The summed E-state index contributed by atoms with van der Waals surface area (Å²) >= 11 is 0.968. The topological polar surface area (TPSA) is 94.2 Å². The van der Waals surface area contributed by atoms with Crippen molar-refractivity contribution in [3.05, 3.63) is 49.2 Å². The monoisotopic (exact) mass is 295 g/mol. The highest BCUT2D eigenvalue weighted by Crippen LogP contribution is 2.09. The van der Waals surface area contributed by atoms with Gasteiger partial charge in [0.15, 0.2) is 0 Å². The lowest BCUT2D eigenvalue weighted by Crippen LogP contribution is -2.39. The van der Waals surface area contributed by atoms with E-state index in [1.165, 1.54) is 22.2 Å². The predicted molar refractivity (Wildman–Crippen MR) is 73.4 cm³/mol. The zero-order valence-electron chi connectivity index (χ0n) is 10.8. The lowest BCUT2D eigenvalue weighted by Gasteiger charge is -2.07. The molecular formula is C12H13N3O4S. The Balaban J connectivity index is 2.37. The summed E-state index contributed by atoms with van der Waals surface area (Å²) in [5.41, 5.74) is -0.447. The largest absolute Gasteiger partial charge is 0.476 e. The quantitative estimate of drug-likeness (QED) is 0.872. The van der Waals surface area contributed by atoms with E-state index in [1.54, 1.807) is 0 Å². The van der Waals surface area contributed by atoms with Crippen molar-refractivity contribution >= 4 is 17.3 Å². The minimum absolute atomic E-state index is 0.0218. The summed E-state index contributed by atoms with van der Waals surface area (Å²) in [5.74, 6) is -1.12.